The first-order chi connectivity index (χ1) is 11.9. The van der Waals surface area contributed by atoms with Gasteiger partial charge in [0.05, 0.1) is 17.5 Å². The van der Waals surface area contributed by atoms with Gasteiger partial charge in [0.2, 0.25) is 0 Å². The SMILES string of the molecule is CCNC(=NCC(OC)C(C)(C)C)NCCCNC(=O)c1cccs1. The van der Waals surface area contributed by atoms with Crippen molar-refractivity contribution in [2.45, 2.75) is 40.2 Å². The Hall–Kier alpha value is -1.60. The molecule has 0 aliphatic rings. The number of aliphatic imine (C=N–C) groups is 1. The number of hydrogen-bond donors (Lipinski definition) is 3. The number of thiophene rings is 1. The van der Waals surface area contributed by atoms with E-state index < -0.39 is 0 Å². The van der Waals surface area contributed by atoms with Crippen LogP contribution < -0.4 is 16.0 Å². The lowest BCUT2D eigenvalue weighted by molar-refractivity contribution is 0.0241. The van der Waals surface area contributed by atoms with Gasteiger partial charge in [-0.3, -0.25) is 9.79 Å². The van der Waals surface area contributed by atoms with Crippen molar-refractivity contribution in [1.29, 1.82) is 0 Å². The summed E-state index contributed by atoms with van der Waals surface area (Å²) in [6, 6.07) is 3.71. The third kappa shape index (κ3) is 8.36. The van der Waals surface area contributed by atoms with Crippen molar-refractivity contribution in [3.63, 3.8) is 0 Å². The topological polar surface area (TPSA) is 74.8 Å². The van der Waals surface area contributed by atoms with E-state index in [1.54, 1.807) is 7.11 Å². The molecule has 0 aliphatic carbocycles. The van der Waals surface area contributed by atoms with Crippen LogP contribution in [0.3, 0.4) is 0 Å². The smallest absolute Gasteiger partial charge is 0.261 e. The first kappa shape index (κ1) is 21.4. The van der Waals surface area contributed by atoms with Crippen molar-refractivity contribution >= 4 is 23.2 Å². The summed E-state index contributed by atoms with van der Waals surface area (Å²) in [5.74, 6) is 0.766. The average molecular weight is 369 g/mol. The van der Waals surface area contributed by atoms with Crippen LogP contribution in [0.4, 0.5) is 0 Å². The number of amides is 1. The molecule has 1 heterocycles. The molecule has 6 nitrogen and oxygen atoms in total. The van der Waals surface area contributed by atoms with E-state index in [2.05, 4.69) is 41.7 Å². The number of hydrogen-bond acceptors (Lipinski definition) is 4. The van der Waals surface area contributed by atoms with Crippen molar-refractivity contribution in [3.05, 3.63) is 22.4 Å². The summed E-state index contributed by atoms with van der Waals surface area (Å²) in [4.78, 5) is 17.2. The third-order valence-electron chi connectivity index (χ3n) is 3.69. The molecule has 1 amide bonds. The van der Waals surface area contributed by atoms with Crippen molar-refractivity contribution in [1.82, 2.24) is 16.0 Å². The van der Waals surface area contributed by atoms with Gasteiger partial charge in [0.15, 0.2) is 5.96 Å². The highest BCUT2D eigenvalue weighted by molar-refractivity contribution is 7.12. The quantitative estimate of drug-likeness (QED) is 0.356. The maximum atomic E-state index is 11.8. The Bertz CT molecular complexity index is 524. The molecule has 1 rings (SSSR count). The van der Waals surface area contributed by atoms with Gasteiger partial charge in [-0.05, 0) is 30.2 Å². The Balaban J connectivity index is 2.34. The van der Waals surface area contributed by atoms with Crippen LogP contribution in [-0.2, 0) is 4.74 Å². The Labute approximate surface area is 155 Å². The Kier molecular flexibility index (Phi) is 9.52. The molecule has 0 aromatic carbocycles. The van der Waals surface area contributed by atoms with E-state index in [1.165, 1.54) is 11.3 Å². The van der Waals surface area contributed by atoms with E-state index in [0.717, 1.165) is 30.3 Å². The molecular formula is C18H32N4O2S. The summed E-state index contributed by atoms with van der Waals surface area (Å²) in [5, 5.41) is 11.4. The first-order valence-corrected chi connectivity index (χ1v) is 9.63. The summed E-state index contributed by atoms with van der Waals surface area (Å²) in [6.07, 6.45) is 0.891. The Morgan fingerprint density at radius 1 is 1.28 bits per heavy atom. The van der Waals surface area contributed by atoms with E-state index in [0.29, 0.717) is 13.1 Å². The van der Waals surface area contributed by atoms with Gasteiger partial charge in [0.25, 0.3) is 5.91 Å². The third-order valence-corrected chi connectivity index (χ3v) is 4.56. The zero-order chi connectivity index (χ0) is 18.7. The summed E-state index contributed by atoms with van der Waals surface area (Å²) in [7, 11) is 1.72. The van der Waals surface area contributed by atoms with Gasteiger partial charge < -0.3 is 20.7 Å². The van der Waals surface area contributed by atoms with Crippen LogP contribution in [0.2, 0.25) is 0 Å². The minimum absolute atomic E-state index is 0.0105. The largest absolute Gasteiger partial charge is 0.379 e. The van der Waals surface area contributed by atoms with Gasteiger partial charge in [-0.25, -0.2) is 0 Å². The van der Waals surface area contributed by atoms with Crippen LogP contribution >= 0.6 is 11.3 Å². The van der Waals surface area contributed by atoms with E-state index >= 15 is 0 Å². The summed E-state index contributed by atoms with van der Waals surface area (Å²) in [6.45, 7) is 11.2. The lowest BCUT2D eigenvalue weighted by atomic mass is 9.89. The molecule has 1 aromatic heterocycles. The van der Waals surface area contributed by atoms with Gasteiger partial charge in [-0.1, -0.05) is 26.8 Å². The van der Waals surface area contributed by atoms with Crippen molar-refractivity contribution in [2.75, 3.05) is 33.3 Å². The molecule has 1 atom stereocenters. The van der Waals surface area contributed by atoms with Crippen LogP contribution in [0.15, 0.2) is 22.5 Å². The van der Waals surface area contributed by atoms with Gasteiger partial charge in [0.1, 0.15) is 0 Å². The Morgan fingerprint density at radius 3 is 2.56 bits per heavy atom. The molecule has 3 N–H and O–H groups in total. The van der Waals surface area contributed by atoms with Crippen molar-refractivity contribution in [2.24, 2.45) is 10.4 Å². The normalized spacial score (nSPS) is 13.4. The molecule has 0 saturated heterocycles. The molecule has 25 heavy (non-hydrogen) atoms. The van der Waals surface area contributed by atoms with Crippen LogP contribution in [0.25, 0.3) is 0 Å². The highest BCUT2D eigenvalue weighted by Gasteiger charge is 2.24. The average Bonchev–Trinajstić information content (AvgIpc) is 3.08. The number of guanidine groups is 1. The van der Waals surface area contributed by atoms with Crippen molar-refractivity contribution < 1.29 is 9.53 Å². The van der Waals surface area contributed by atoms with Gasteiger partial charge in [-0.15, -0.1) is 11.3 Å². The number of rotatable bonds is 9. The lowest BCUT2D eigenvalue weighted by Crippen LogP contribution is -2.40. The second kappa shape index (κ2) is 11.1. The van der Waals surface area contributed by atoms with E-state index in [-0.39, 0.29) is 17.4 Å². The van der Waals surface area contributed by atoms with Crippen LogP contribution in [0.1, 0.15) is 43.8 Å². The summed E-state index contributed by atoms with van der Waals surface area (Å²) >= 11 is 1.45. The number of methoxy groups -OCH3 is 1. The number of carbonyl (C=O) groups excluding carboxylic acids is 1. The number of nitrogens with zero attached hydrogens (tertiary/aromatic N) is 1. The highest BCUT2D eigenvalue weighted by Crippen LogP contribution is 2.21. The number of nitrogens with one attached hydrogen (secondary N) is 3. The number of ether oxygens (including phenoxy) is 1. The van der Waals surface area contributed by atoms with E-state index in [1.807, 2.05) is 24.4 Å². The molecule has 0 spiro atoms. The molecule has 0 saturated carbocycles. The maximum absolute atomic E-state index is 11.8. The highest BCUT2D eigenvalue weighted by atomic mass is 32.1. The summed E-state index contributed by atoms with van der Waals surface area (Å²) < 4.78 is 5.54. The molecule has 0 radical (unpaired) electrons. The molecule has 1 unspecified atom stereocenters. The molecule has 0 bridgehead atoms. The fraction of sp³-hybridized carbons (Fsp3) is 0.667. The van der Waals surface area contributed by atoms with Crippen LogP contribution in [-0.4, -0.2) is 51.3 Å². The van der Waals surface area contributed by atoms with Gasteiger partial charge in [0, 0.05) is 26.7 Å². The van der Waals surface area contributed by atoms with E-state index in [4.69, 9.17) is 4.74 Å². The fourth-order valence-corrected chi connectivity index (χ4v) is 2.85. The zero-order valence-corrected chi connectivity index (χ0v) is 16.8. The van der Waals surface area contributed by atoms with Gasteiger partial charge >= 0.3 is 0 Å². The van der Waals surface area contributed by atoms with Crippen molar-refractivity contribution in [3.8, 4) is 0 Å². The van der Waals surface area contributed by atoms with Crippen LogP contribution in [0.5, 0.6) is 0 Å². The lowest BCUT2D eigenvalue weighted by Gasteiger charge is -2.28. The minimum Gasteiger partial charge on any atom is -0.379 e. The fourth-order valence-electron chi connectivity index (χ4n) is 2.21. The minimum atomic E-state index is -0.0105. The van der Waals surface area contributed by atoms with Gasteiger partial charge in [-0.2, -0.15) is 0 Å². The van der Waals surface area contributed by atoms with E-state index in [9.17, 15) is 4.79 Å². The predicted octanol–water partition coefficient (Wildman–Crippen LogP) is 2.48. The molecular weight excluding hydrogens is 336 g/mol. The molecule has 7 heteroatoms. The first-order valence-electron chi connectivity index (χ1n) is 8.75. The monoisotopic (exact) mass is 368 g/mol. The summed E-state index contributed by atoms with van der Waals surface area (Å²) in [5.41, 5.74) is 0.0433. The number of carbonyl (C=O) groups is 1. The predicted molar refractivity (Wildman–Crippen MR) is 106 cm³/mol. The molecule has 0 aliphatic heterocycles. The zero-order valence-electron chi connectivity index (χ0n) is 16.0. The molecule has 142 valence electrons. The second-order valence-electron chi connectivity index (χ2n) is 6.82. The molecule has 1 aromatic rings. The maximum Gasteiger partial charge on any atom is 0.261 e. The standard InChI is InChI=1S/C18H32N4O2S/c1-6-19-17(22-13-15(24-5)18(2,3)4)21-11-8-10-20-16(23)14-9-7-12-25-14/h7,9,12,15H,6,8,10-11,13H2,1-5H3,(H,20,23)(H2,19,21,22). The Morgan fingerprint density at radius 2 is 2.00 bits per heavy atom. The second-order valence-corrected chi connectivity index (χ2v) is 7.77. The molecule has 0 fully saturated rings. The van der Waals surface area contributed by atoms with Crippen LogP contribution in [0, 0.1) is 5.41 Å².